The number of carboxylic acid groups (broad SMARTS) is 1. The highest BCUT2D eigenvalue weighted by atomic mass is 32.1. The van der Waals surface area contributed by atoms with E-state index in [0.717, 1.165) is 23.5 Å². The zero-order valence-electron chi connectivity index (χ0n) is 12.2. The van der Waals surface area contributed by atoms with Gasteiger partial charge in [0.15, 0.2) is 11.6 Å². The first-order valence-corrected chi connectivity index (χ1v) is 7.81. The van der Waals surface area contributed by atoms with E-state index in [1.54, 1.807) is 6.92 Å². The van der Waals surface area contributed by atoms with Crippen molar-refractivity contribution in [2.75, 3.05) is 0 Å². The molecule has 1 aliphatic carbocycles. The Bertz CT molecular complexity index is 816. The molecule has 0 saturated heterocycles. The minimum atomic E-state index is -1.07. The Morgan fingerprint density at radius 1 is 1.26 bits per heavy atom. The number of fused-ring (bicyclic) bond motifs is 1. The minimum absolute atomic E-state index is 0.120. The van der Waals surface area contributed by atoms with Crippen LogP contribution in [0.4, 0.5) is 8.78 Å². The predicted octanol–water partition coefficient (Wildman–Crippen LogP) is 3.45. The molecule has 3 rings (SSSR count). The third-order valence-electron chi connectivity index (χ3n) is 3.90. The molecule has 1 heterocycles. The van der Waals surface area contributed by atoms with Crippen molar-refractivity contribution in [3.8, 4) is 0 Å². The van der Waals surface area contributed by atoms with Gasteiger partial charge in [-0.3, -0.25) is 4.79 Å². The van der Waals surface area contributed by atoms with Crippen LogP contribution in [0.15, 0.2) is 18.2 Å². The number of nitrogens with one attached hydrogen (secondary N) is 1. The number of hydrogen-bond donors (Lipinski definition) is 2. The molecule has 4 nitrogen and oxygen atoms in total. The molecule has 7 heteroatoms. The van der Waals surface area contributed by atoms with E-state index < -0.39 is 29.6 Å². The quantitative estimate of drug-likeness (QED) is 0.901. The Kier molecular flexibility index (Phi) is 3.89. The molecule has 0 fully saturated rings. The van der Waals surface area contributed by atoms with Crippen molar-refractivity contribution in [1.29, 1.82) is 0 Å². The average Bonchev–Trinajstić information content (AvgIpc) is 3.04. The maximum atomic E-state index is 13.4. The van der Waals surface area contributed by atoms with Crippen molar-refractivity contribution >= 4 is 23.2 Å². The lowest BCUT2D eigenvalue weighted by Crippen LogP contribution is -2.26. The summed E-state index contributed by atoms with van der Waals surface area (Å²) in [6.07, 6.45) is 1.11. The fraction of sp³-hybridized carbons (Fsp3) is 0.250. The molecular formula is C16H13F2NO3S. The van der Waals surface area contributed by atoms with Gasteiger partial charge in [-0.05, 0) is 54.7 Å². The lowest BCUT2D eigenvalue weighted by atomic mass is 10.1. The van der Waals surface area contributed by atoms with Crippen LogP contribution in [0.25, 0.3) is 0 Å². The largest absolute Gasteiger partial charge is 0.477 e. The monoisotopic (exact) mass is 337 g/mol. The van der Waals surface area contributed by atoms with Gasteiger partial charge in [0, 0.05) is 0 Å². The van der Waals surface area contributed by atoms with Crippen LogP contribution in [0.1, 0.15) is 48.5 Å². The Morgan fingerprint density at radius 2 is 1.96 bits per heavy atom. The van der Waals surface area contributed by atoms with E-state index in [0.29, 0.717) is 29.5 Å². The van der Waals surface area contributed by atoms with E-state index in [4.69, 9.17) is 5.11 Å². The van der Waals surface area contributed by atoms with E-state index in [9.17, 15) is 18.4 Å². The maximum absolute atomic E-state index is 13.4. The van der Waals surface area contributed by atoms with Crippen LogP contribution in [-0.4, -0.2) is 17.0 Å². The lowest BCUT2D eigenvalue weighted by Gasteiger charge is -2.13. The normalized spacial score (nSPS) is 16.2. The van der Waals surface area contributed by atoms with E-state index in [1.165, 1.54) is 6.07 Å². The summed E-state index contributed by atoms with van der Waals surface area (Å²) >= 11 is 0.900. The van der Waals surface area contributed by atoms with Crippen LogP contribution in [-0.2, 0) is 6.42 Å². The summed E-state index contributed by atoms with van der Waals surface area (Å²) in [5.74, 6) is -3.32. The van der Waals surface area contributed by atoms with Crippen LogP contribution >= 0.6 is 11.3 Å². The van der Waals surface area contributed by atoms with Gasteiger partial charge in [-0.25, -0.2) is 13.6 Å². The highest BCUT2D eigenvalue weighted by Gasteiger charge is 2.27. The molecule has 0 spiro atoms. The number of halogens is 2. The van der Waals surface area contributed by atoms with Crippen LogP contribution < -0.4 is 5.32 Å². The van der Waals surface area contributed by atoms with Crippen molar-refractivity contribution in [3.05, 3.63) is 56.3 Å². The second kappa shape index (κ2) is 5.73. The molecule has 0 aliphatic heterocycles. The molecule has 23 heavy (non-hydrogen) atoms. The summed E-state index contributed by atoms with van der Waals surface area (Å²) in [7, 11) is 0. The van der Waals surface area contributed by atoms with Crippen molar-refractivity contribution in [1.82, 2.24) is 5.32 Å². The molecule has 1 amide bonds. The fourth-order valence-electron chi connectivity index (χ4n) is 2.79. The zero-order chi connectivity index (χ0) is 16.7. The van der Waals surface area contributed by atoms with E-state index in [1.807, 2.05) is 0 Å². The van der Waals surface area contributed by atoms with Crippen LogP contribution in [0.2, 0.25) is 0 Å². The molecule has 1 aliphatic rings. The van der Waals surface area contributed by atoms with Crippen molar-refractivity contribution in [3.63, 3.8) is 0 Å². The number of thiophene rings is 1. The predicted molar refractivity (Wildman–Crippen MR) is 80.9 cm³/mol. The molecule has 1 aromatic carbocycles. The van der Waals surface area contributed by atoms with E-state index in [2.05, 4.69) is 5.32 Å². The summed E-state index contributed by atoms with van der Waals surface area (Å²) in [5.41, 5.74) is 1.78. The Balaban J connectivity index is 1.82. The lowest BCUT2D eigenvalue weighted by molar-refractivity contribution is 0.0701. The first-order valence-electron chi connectivity index (χ1n) is 6.99. The fourth-order valence-corrected chi connectivity index (χ4v) is 3.70. The van der Waals surface area contributed by atoms with Crippen molar-refractivity contribution < 1.29 is 23.5 Å². The summed E-state index contributed by atoms with van der Waals surface area (Å²) in [6, 6.07) is 3.40. The Morgan fingerprint density at radius 3 is 2.61 bits per heavy atom. The second-order valence-corrected chi connectivity index (χ2v) is 6.51. The molecule has 1 atom stereocenters. The molecule has 120 valence electrons. The Hall–Kier alpha value is -2.28. The highest BCUT2D eigenvalue weighted by Crippen LogP contribution is 2.33. The van der Waals surface area contributed by atoms with Gasteiger partial charge in [-0.1, -0.05) is 0 Å². The standard InChI is InChI=1S/C16H13F2NO3S/c1-7-4-13(23-14(7)16(21)22)15(20)19-12-3-2-8-5-10(17)11(18)6-9(8)12/h4-6,12H,2-3H2,1H3,(H,19,20)(H,21,22). The van der Waals surface area contributed by atoms with Crippen LogP contribution in [0.3, 0.4) is 0 Å². The first-order chi connectivity index (χ1) is 10.9. The number of carbonyl (C=O) groups is 2. The second-order valence-electron chi connectivity index (χ2n) is 5.46. The maximum Gasteiger partial charge on any atom is 0.346 e. The number of aryl methyl sites for hydroxylation is 2. The average molecular weight is 337 g/mol. The summed E-state index contributed by atoms with van der Waals surface area (Å²) in [6.45, 7) is 1.62. The molecule has 2 N–H and O–H groups in total. The number of aromatic carboxylic acids is 1. The summed E-state index contributed by atoms with van der Waals surface area (Å²) in [4.78, 5) is 23.7. The minimum Gasteiger partial charge on any atom is -0.477 e. The number of hydrogen-bond acceptors (Lipinski definition) is 3. The van der Waals surface area contributed by atoms with Gasteiger partial charge in [-0.2, -0.15) is 0 Å². The smallest absolute Gasteiger partial charge is 0.346 e. The van der Waals surface area contributed by atoms with Crippen molar-refractivity contribution in [2.24, 2.45) is 0 Å². The highest BCUT2D eigenvalue weighted by molar-refractivity contribution is 7.16. The third-order valence-corrected chi connectivity index (χ3v) is 5.12. The van der Waals surface area contributed by atoms with Gasteiger partial charge < -0.3 is 10.4 Å². The topological polar surface area (TPSA) is 66.4 Å². The first kappa shape index (κ1) is 15.6. The summed E-state index contributed by atoms with van der Waals surface area (Å²) < 4.78 is 26.6. The molecule has 0 bridgehead atoms. The number of benzene rings is 1. The summed E-state index contributed by atoms with van der Waals surface area (Å²) in [5, 5.41) is 11.8. The molecule has 1 aromatic heterocycles. The van der Waals surface area contributed by atoms with Gasteiger partial charge in [0.1, 0.15) is 4.88 Å². The van der Waals surface area contributed by atoms with Gasteiger partial charge >= 0.3 is 5.97 Å². The Labute approximate surface area is 134 Å². The van der Waals surface area contributed by atoms with Crippen LogP contribution in [0.5, 0.6) is 0 Å². The van der Waals surface area contributed by atoms with E-state index in [-0.39, 0.29) is 9.75 Å². The van der Waals surface area contributed by atoms with Gasteiger partial charge in [-0.15, -0.1) is 11.3 Å². The molecule has 2 aromatic rings. The number of carbonyl (C=O) groups excluding carboxylic acids is 1. The van der Waals surface area contributed by atoms with Crippen molar-refractivity contribution in [2.45, 2.75) is 25.8 Å². The number of amides is 1. The third kappa shape index (κ3) is 2.84. The molecular weight excluding hydrogens is 324 g/mol. The number of carboxylic acids is 1. The van der Waals surface area contributed by atoms with E-state index >= 15 is 0 Å². The molecule has 1 unspecified atom stereocenters. The molecule has 0 radical (unpaired) electrons. The van der Waals surface area contributed by atoms with Gasteiger partial charge in [0.05, 0.1) is 10.9 Å². The number of rotatable bonds is 3. The molecule has 0 saturated carbocycles. The van der Waals surface area contributed by atoms with Gasteiger partial charge in [0.25, 0.3) is 5.91 Å². The zero-order valence-corrected chi connectivity index (χ0v) is 13.0. The SMILES string of the molecule is Cc1cc(C(=O)NC2CCc3cc(F)c(F)cc32)sc1C(=O)O. The van der Waals surface area contributed by atoms with Crippen LogP contribution in [0, 0.1) is 18.6 Å². The van der Waals surface area contributed by atoms with Gasteiger partial charge in [0.2, 0.25) is 0 Å².